The van der Waals surface area contributed by atoms with Crippen molar-refractivity contribution in [3.05, 3.63) is 59.2 Å². The van der Waals surface area contributed by atoms with Gasteiger partial charge in [-0.1, -0.05) is 12.1 Å². The molecule has 0 fully saturated rings. The Labute approximate surface area is 151 Å². The monoisotopic (exact) mass is 361 g/mol. The van der Waals surface area contributed by atoms with Gasteiger partial charge < -0.3 is 20.1 Å². The minimum Gasteiger partial charge on any atom is -0.454 e. The number of hydrogen-bond acceptors (Lipinski definition) is 3. The zero-order valence-electron chi connectivity index (χ0n) is 14.5. The molecule has 0 atom stereocenters. The average Bonchev–Trinajstić information content (AvgIpc) is 3.10. The lowest BCUT2D eigenvalue weighted by atomic mass is 10.1. The molecule has 2 aromatic carbocycles. The van der Waals surface area contributed by atoms with E-state index in [1.54, 1.807) is 7.05 Å². The fraction of sp³-hybridized carbons (Fsp3) is 0.316. The predicted molar refractivity (Wildman–Crippen MR) is 95.7 cm³/mol. The number of fused-ring (bicyclic) bond motifs is 1. The van der Waals surface area contributed by atoms with Crippen LogP contribution < -0.4 is 20.1 Å². The molecule has 138 valence electrons. The van der Waals surface area contributed by atoms with Crippen LogP contribution >= 0.6 is 0 Å². The van der Waals surface area contributed by atoms with Gasteiger partial charge in [0.05, 0.1) is 0 Å². The van der Waals surface area contributed by atoms with Gasteiger partial charge in [-0.3, -0.25) is 4.99 Å². The molecule has 26 heavy (non-hydrogen) atoms. The molecule has 0 spiro atoms. The lowest BCUT2D eigenvalue weighted by Crippen LogP contribution is -2.39. The van der Waals surface area contributed by atoms with Crippen LogP contribution in [-0.4, -0.2) is 32.9 Å². The van der Waals surface area contributed by atoms with Crippen LogP contribution in [0, 0.1) is 11.6 Å². The molecule has 7 heteroatoms. The third-order valence-electron chi connectivity index (χ3n) is 4.10. The highest BCUT2D eigenvalue weighted by molar-refractivity contribution is 5.79. The summed E-state index contributed by atoms with van der Waals surface area (Å²) in [5.41, 5.74) is 1.20. The third kappa shape index (κ3) is 4.41. The van der Waals surface area contributed by atoms with Gasteiger partial charge in [0.15, 0.2) is 17.5 Å². The molecule has 0 saturated heterocycles. The summed E-state index contributed by atoms with van der Waals surface area (Å²) >= 11 is 0. The third-order valence-corrected chi connectivity index (χ3v) is 4.10. The maximum Gasteiger partial charge on any atom is 0.231 e. The molecule has 2 N–H and O–H groups in total. The number of guanidine groups is 1. The molecule has 0 bridgehead atoms. The van der Waals surface area contributed by atoms with E-state index in [1.165, 1.54) is 18.2 Å². The van der Waals surface area contributed by atoms with Crippen LogP contribution in [0.5, 0.6) is 11.5 Å². The smallest absolute Gasteiger partial charge is 0.231 e. The summed E-state index contributed by atoms with van der Waals surface area (Å²) in [6, 6.07) is 9.73. The summed E-state index contributed by atoms with van der Waals surface area (Å²) in [5.74, 6) is 1.05. The van der Waals surface area contributed by atoms with Crippen molar-refractivity contribution >= 4 is 5.96 Å². The number of benzene rings is 2. The van der Waals surface area contributed by atoms with E-state index in [-0.39, 0.29) is 18.8 Å². The first kappa shape index (κ1) is 18.0. The highest BCUT2D eigenvalue weighted by Gasteiger charge is 2.13. The first-order chi connectivity index (χ1) is 12.7. The van der Waals surface area contributed by atoms with Gasteiger partial charge in [0.1, 0.15) is 11.6 Å². The molecule has 5 nitrogen and oxygen atoms in total. The highest BCUT2D eigenvalue weighted by Crippen LogP contribution is 2.32. The largest absolute Gasteiger partial charge is 0.454 e. The Balaban J connectivity index is 1.43. The van der Waals surface area contributed by atoms with E-state index in [0.717, 1.165) is 23.5 Å². The molecule has 1 aliphatic rings. The Morgan fingerprint density at radius 2 is 1.69 bits per heavy atom. The number of ether oxygens (including phenoxy) is 2. The molecule has 0 radical (unpaired) electrons. The summed E-state index contributed by atoms with van der Waals surface area (Å²) in [7, 11) is 1.65. The Bertz CT molecular complexity index is 776. The van der Waals surface area contributed by atoms with E-state index in [0.29, 0.717) is 19.0 Å². The van der Waals surface area contributed by atoms with Gasteiger partial charge in [-0.2, -0.15) is 0 Å². The van der Waals surface area contributed by atoms with E-state index in [4.69, 9.17) is 9.47 Å². The number of rotatable bonds is 6. The van der Waals surface area contributed by atoms with E-state index >= 15 is 0 Å². The Morgan fingerprint density at radius 1 is 1.00 bits per heavy atom. The molecule has 0 unspecified atom stereocenters. The normalized spacial score (nSPS) is 13.0. The van der Waals surface area contributed by atoms with Crippen molar-refractivity contribution < 1.29 is 18.3 Å². The van der Waals surface area contributed by atoms with Gasteiger partial charge in [0.25, 0.3) is 0 Å². The summed E-state index contributed by atoms with van der Waals surface area (Å²) in [4.78, 5) is 4.12. The molecular formula is C19H21F2N3O2. The molecule has 3 rings (SSSR count). The van der Waals surface area contributed by atoms with Crippen LogP contribution in [0.3, 0.4) is 0 Å². The van der Waals surface area contributed by atoms with Crippen molar-refractivity contribution in [2.24, 2.45) is 4.99 Å². The maximum absolute atomic E-state index is 13.6. The summed E-state index contributed by atoms with van der Waals surface area (Å²) < 4.78 is 37.9. The van der Waals surface area contributed by atoms with Crippen LogP contribution in [0.1, 0.15) is 11.1 Å². The van der Waals surface area contributed by atoms with Crippen LogP contribution in [0.15, 0.2) is 41.4 Å². The summed E-state index contributed by atoms with van der Waals surface area (Å²) in [5, 5.41) is 6.24. The predicted octanol–water partition coefficient (Wildman–Crippen LogP) is 2.64. The van der Waals surface area contributed by atoms with Crippen molar-refractivity contribution in [2.75, 3.05) is 26.9 Å². The van der Waals surface area contributed by atoms with Gasteiger partial charge in [-0.25, -0.2) is 8.78 Å². The van der Waals surface area contributed by atoms with Gasteiger partial charge in [0, 0.05) is 25.7 Å². The SMILES string of the molecule is CN=C(NCCc1ccc2c(c1)OCO2)NCCc1c(F)cccc1F. The van der Waals surface area contributed by atoms with Crippen molar-refractivity contribution in [3.63, 3.8) is 0 Å². The van der Waals surface area contributed by atoms with Crippen LogP contribution in [0.4, 0.5) is 8.78 Å². The van der Waals surface area contributed by atoms with Crippen molar-refractivity contribution in [2.45, 2.75) is 12.8 Å². The van der Waals surface area contributed by atoms with Crippen LogP contribution in [0.25, 0.3) is 0 Å². The van der Waals surface area contributed by atoms with Gasteiger partial charge >= 0.3 is 0 Å². The first-order valence-electron chi connectivity index (χ1n) is 8.43. The number of nitrogens with zero attached hydrogens (tertiary/aromatic N) is 1. The minimum absolute atomic E-state index is 0.0795. The molecule has 0 amide bonds. The van der Waals surface area contributed by atoms with Crippen LogP contribution in [0.2, 0.25) is 0 Å². The second-order valence-electron chi connectivity index (χ2n) is 5.81. The van der Waals surface area contributed by atoms with E-state index < -0.39 is 11.6 Å². The topological polar surface area (TPSA) is 54.9 Å². The highest BCUT2D eigenvalue weighted by atomic mass is 19.1. The first-order valence-corrected chi connectivity index (χ1v) is 8.43. The molecule has 0 aromatic heterocycles. The Kier molecular flexibility index (Phi) is 5.88. The second kappa shape index (κ2) is 8.51. The van der Waals surface area contributed by atoms with Crippen molar-refractivity contribution in [1.82, 2.24) is 10.6 Å². The molecule has 0 saturated carbocycles. The number of nitrogens with one attached hydrogen (secondary N) is 2. The molecule has 0 aliphatic carbocycles. The lowest BCUT2D eigenvalue weighted by molar-refractivity contribution is 0.174. The Hall–Kier alpha value is -2.83. The molecular weight excluding hydrogens is 340 g/mol. The van der Waals surface area contributed by atoms with E-state index in [9.17, 15) is 8.78 Å². The van der Waals surface area contributed by atoms with Crippen LogP contribution in [-0.2, 0) is 12.8 Å². The van der Waals surface area contributed by atoms with E-state index in [2.05, 4.69) is 15.6 Å². The lowest BCUT2D eigenvalue weighted by Gasteiger charge is -2.12. The minimum atomic E-state index is -0.530. The molecule has 1 aliphatic heterocycles. The molecule has 1 heterocycles. The summed E-state index contributed by atoms with van der Waals surface area (Å²) in [6.45, 7) is 1.30. The second-order valence-corrected chi connectivity index (χ2v) is 5.81. The zero-order chi connectivity index (χ0) is 18.4. The fourth-order valence-electron chi connectivity index (χ4n) is 2.72. The average molecular weight is 361 g/mol. The zero-order valence-corrected chi connectivity index (χ0v) is 14.5. The number of hydrogen-bond donors (Lipinski definition) is 2. The Morgan fingerprint density at radius 3 is 2.42 bits per heavy atom. The van der Waals surface area contributed by atoms with Gasteiger partial charge in [-0.15, -0.1) is 0 Å². The summed E-state index contributed by atoms with van der Waals surface area (Å²) in [6.07, 6.45) is 1.01. The molecule has 2 aromatic rings. The van der Waals surface area contributed by atoms with Crippen molar-refractivity contribution in [3.8, 4) is 11.5 Å². The number of halogens is 2. The van der Waals surface area contributed by atoms with E-state index in [1.807, 2.05) is 18.2 Å². The van der Waals surface area contributed by atoms with Crippen molar-refractivity contribution in [1.29, 1.82) is 0 Å². The standard InChI is InChI=1S/C19H21F2N3O2/c1-22-19(24-10-8-14-15(20)3-2-4-16(14)21)23-9-7-13-5-6-17-18(11-13)26-12-25-17/h2-6,11H,7-10,12H2,1H3,(H2,22,23,24). The number of aliphatic imine (C=N–C) groups is 1. The van der Waals surface area contributed by atoms with Gasteiger partial charge in [0.2, 0.25) is 6.79 Å². The fourth-order valence-corrected chi connectivity index (χ4v) is 2.72. The van der Waals surface area contributed by atoms with Gasteiger partial charge in [-0.05, 0) is 42.7 Å². The maximum atomic E-state index is 13.6. The quantitative estimate of drug-likeness (QED) is 0.614.